The fraction of sp³-hybridized carbons (Fsp3) is 0.0588. The van der Waals surface area contributed by atoms with Crippen molar-refractivity contribution in [2.75, 3.05) is 9.80 Å². The molecule has 0 radical (unpaired) electrons. The van der Waals surface area contributed by atoms with Crippen molar-refractivity contribution in [2.45, 2.75) is 20.3 Å². The second-order valence-electron chi connectivity index (χ2n) is 14.0. The Morgan fingerprint density at radius 1 is 0.302 bits per heavy atom. The number of nitrogens with zero attached hydrogens (tertiary/aromatic N) is 2. The fourth-order valence-electron chi connectivity index (χ4n) is 7.61. The van der Waals surface area contributed by atoms with Crippen molar-refractivity contribution in [3.05, 3.63) is 216 Å². The van der Waals surface area contributed by atoms with Crippen LogP contribution in [0.3, 0.4) is 0 Å². The predicted octanol–water partition coefficient (Wildman–Crippen LogP) is 14.1. The molecule has 254 valence electrons. The van der Waals surface area contributed by atoms with Crippen molar-refractivity contribution in [3.8, 4) is 33.4 Å². The molecule has 0 atom stereocenters. The third-order valence-corrected chi connectivity index (χ3v) is 10.4. The molecule has 2 nitrogen and oxygen atoms in total. The molecule has 53 heavy (non-hydrogen) atoms. The molecule has 0 saturated heterocycles. The van der Waals surface area contributed by atoms with Crippen molar-refractivity contribution >= 4 is 34.1 Å². The molecule has 0 amide bonds. The minimum atomic E-state index is 0.885. The number of hydrogen-bond donors (Lipinski definition) is 0. The van der Waals surface area contributed by atoms with Crippen LogP contribution in [-0.2, 0) is 6.42 Å². The maximum Gasteiger partial charge on any atom is 0.0464 e. The Kier molecular flexibility index (Phi) is 8.42. The van der Waals surface area contributed by atoms with Crippen LogP contribution in [0.2, 0.25) is 0 Å². The van der Waals surface area contributed by atoms with Crippen LogP contribution in [0.5, 0.6) is 0 Å². The van der Waals surface area contributed by atoms with E-state index in [1.165, 1.54) is 55.6 Å². The van der Waals surface area contributed by atoms with Crippen molar-refractivity contribution in [2.24, 2.45) is 0 Å². The quantitative estimate of drug-likeness (QED) is 0.158. The normalized spacial score (nSPS) is 11.5. The highest BCUT2D eigenvalue weighted by Gasteiger charge is 2.23. The molecule has 1 aliphatic rings. The van der Waals surface area contributed by atoms with E-state index in [4.69, 9.17) is 0 Å². The Bertz CT molecular complexity index is 2320. The Labute approximate surface area is 312 Å². The van der Waals surface area contributed by atoms with Gasteiger partial charge >= 0.3 is 0 Å². The lowest BCUT2D eigenvalue weighted by molar-refractivity contribution is 1.22. The van der Waals surface area contributed by atoms with Gasteiger partial charge in [0.25, 0.3) is 0 Å². The summed E-state index contributed by atoms with van der Waals surface area (Å²) in [5.74, 6) is 0. The van der Waals surface area contributed by atoms with Gasteiger partial charge < -0.3 is 9.80 Å². The van der Waals surface area contributed by atoms with E-state index in [1.807, 2.05) is 0 Å². The number of anilines is 6. The van der Waals surface area contributed by atoms with Crippen molar-refractivity contribution in [3.63, 3.8) is 0 Å². The Hall–Kier alpha value is -6.64. The summed E-state index contributed by atoms with van der Waals surface area (Å²) in [5.41, 5.74) is 19.6. The Balaban J connectivity index is 1.06. The first-order valence-electron chi connectivity index (χ1n) is 18.4. The van der Waals surface area contributed by atoms with E-state index < -0.39 is 0 Å². The van der Waals surface area contributed by atoms with Crippen LogP contribution in [0.15, 0.2) is 194 Å². The van der Waals surface area contributed by atoms with Crippen LogP contribution < -0.4 is 9.80 Å². The van der Waals surface area contributed by atoms with Gasteiger partial charge in [0.1, 0.15) is 0 Å². The lowest BCUT2D eigenvalue weighted by Crippen LogP contribution is -2.10. The molecule has 1 aliphatic carbocycles. The minimum Gasteiger partial charge on any atom is -0.310 e. The summed E-state index contributed by atoms with van der Waals surface area (Å²) in [6.45, 7) is 4.28. The summed E-state index contributed by atoms with van der Waals surface area (Å²) < 4.78 is 0. The summed E-state index contributed by atoms with van der Waals surface area (Å²) in [6.07, 6.45) is 0.885. The molecule has 9 rings (SSSR count). The average Bonchev–Trinajstić information content (AvgIpc) is 3.58. The zero-order valence-electron chi connectivity index (χ0n) is 30.1. The third-order valence-electron chi connectivity index (χ3n) is 10.4. The van der Waals surface area contributed by atoms with E-state index in [9.17, 15) is 0 Å². The van der Waals surface area contributed by atoms with Gasteiger partial charge in [-0.15, -0.1) is 0 Å². The summed E-state index contributed by atoms with van der Waals surface area (Å²) in [6, 6.07) is 70.7. The molecular weight excluding hydrogens is 641 g/mol. The van der Waals surface area contributed by atoms with Gasteiger partial charge in [-0.2, -0.15) is 0 Å². The number of benzene rings is 8. The van der Waals surface area contributed by atoms with Gasteiger partial charge in [0.2, 0.25) is 0 Å². The van der Waals surface area contributed by atoms with Gasteiger partial charge in [-0.25, -0.2) is 0 Å². The van der Waals surface area contributed by atoms with Crippen LogP contribution in [-0.4, -0.2) is 0 Å². The molecule has 0 spiro atoms. The second kappa shape index (κ2) is 13.8. The molecule has 0 unspecified atom stereocenters. The largest absolute Gasteiger partial charge is 0.310 e. The zero-order valence-corrected chi connectivity index (χ0v) is 30.1. The SMILES string of the molecule is Cc1ccc(N(c2ccc(-c3ccccc3)cc2)c2ccc3c(c2)Cc2cc(N(c4ccc(C)cc4)c4ccc(-c5ccccc5)cc4)ccc2-3)cc1. The zero-order chi connectivity index (χ0) is 35.7. The highest BCUT2D eigenvalue weighted by atomic mass is 15.1. The molecular formula is C51H40N2. The highest BCUT2D eigenvalue weighted by molar-refractivity contribution is 5.86. The number of rotatable bonds is 8. The molecule has 0 bridgehead atoms. The van der Waals surface area contributed by atoms with Crippen LogP contribution in [0.25, 0.3) is 33.4 Å². The average molecular weight is 681 g/mol. The minimum absolute atomic E-state index is 0.885. The van der Waals surface area contributed by atoms with E-state index in [1.54, 1.807) is 0 Å². The van der Waals surface area contributed by atoms with Gasteiger partial charge in [0.05, 0.1) is 0 Å². The summed E-state index contributed by atoms with van der Waals surface area (Å²) in [5, 5.41) is 0. The molecule has 0 saturated carbocycles. The van der Waals surface area contributed by atoms with Crippen LogP contribution in [0, 0.1) is 13.8 Å². The maximum atomic E-state index is 2.39. The molecule has 0 aliphatic heterocycles. The first-order chi connectivity index (χ1) is 26.1. The van der Waals surface area contributed by atoms with Crippen molar-refractivity contribution in [1.82, 2.24) is 0 Å². The molecule has 0 heterocycles. The highest BCUT2D eigenvalue weighted by Crippen LogP contribution is 2.45. The van der Waals surface area contributed by atoms with E-state index in [0.29, 0.717) is 0 Å². The standard InChI is InChI=1S/C51H40N2/c1-36-13-21-44(22-14-36)52(46-25-17-40(18-26-46)38-9-5-3-6-10-38)48-29-31-50-42(34-48)33-43-35-49(30-32-51(43)50)53(45-23-15-37(2)16-24-45)47-27-19-41(20-28-47)39-11-7-4-8-12-39/h3-32,34-35H,33H2,1-2H3. The number of aryl methyl sites for hydroxylation is 2. The van der Waals surface area contributed by atoms with E-state index in [-0.39, 0.29) is 0 Å². The number of fused-ring (bicyclic) bond motifs is 3. The molecule has 0 N–H and O–H groups in total. The van der Waals surface area contributed by atoms with Crippen molar-refractivity contribution < 1.29 is 0 Å². The topological polar surface area (TPSA) is 6.48 Å². The number of hydrogen-bond acceptors (Lipinski definition) is 2. The molecule has 0 fully saturated rings. The van der Waals surface area contributed by atoms with Gasteiger partial charge in [-0.1, -0.05) is 132 Å². The summed E-state index contributed by atoms with van der Waals surface area (Å²) in [4.78, 5) is 4.75. The van der Waals surface area contributed by atoms with Gasteiger partial charge in [-0.3, -0.25) is 0 Å². The van der Waals surface area contributed by atoms with Crippen molar-refractivity contribution in [1.29, 1.82) is 0 Å². The fourth-order valence-corrected chi connectivity index (χ4v) is 7.61. The van der Waals surface area contributed by atoms with Crippen LogP contribution >= 0.6 is 0 Å². The Morgan fingerprint density at radius 2 is 0.604 bits per heavy atom. The van der Waals surface area contributed by atoms with Crippen LogP contribution in [0.4, 0.5) is 34.1 Å². The molecule has 8 aromatic carbocycles. The van der Waals surface area contributed by atoms with Gasteiger partial charge in [0, 0.05) is 34.1 Å². The lowest BCUT2D eigenvalue weighted by Gasteiger charge is -2.26. The first-order valence-corrected chi connectivity index (χ1v) is 18.4. The Morgan fingerprint density at radius 3 is 0.962 bits per heavy atom. The predicted molar refractivity (Wildman–Crippen MR) is 224 cm³/mol. The third kappa shape index (κ3) is 6.41. The molecule has 0 aromatic heterocycles. The first kappa shape index (κ1) is 32.3. The molecule has 2 heteroatoms. The maximum absolute atomic E-state index is 2.39. The monoisotopic (exact) mass is 680 g/mol. The van der Waals surface area contributed by atoms with E-state index in [2.05, 4.69) is 218 Å². The van der Waals surface area contributed by atoms with Gasteiger partial charge in [0.15, 0.2) is 0 Å². The second-order valence-corrected chi connectivity index (χ2v) is 14.0. The van der Waals surface area contributed by atoms with Crippen LogP contribution in [0.1, 0.15) is 22.3 Å². The van der Waals surface area contributed by atoms with E-state index in [0.717, 1.165) is 40.5 Å². The smallest absolute Gasteiger partial charge is 0.0464 e. The summed E-state index contributed by atoms with van der Waals surface area (Å²) >= 11 is 0. The van der Waals surface area contributed by atoms with Gasteiger partial charge in [-0.05, 0) is 138 Å². The lowest BCUT2D eigenvalue weighted by atomic mass is 10.0. The molecule has 8 aromatic rings. The summed E-state index contributed by atoms with van der Waals surface area (Å²) in [7, 11) is 0. The van der Waals surface area contributed by atoms with E-state index >= 15 is 0 Å².